The van der Waals surface area contributed by atoms with E-state index < -0.39 is 0 Å². The van der Waals surface area contributed by atoms with E-state index >= 15 is 0 Å². The SMILES string of the molecule is CC(C)(C)c1cc(-c2nc(-c3cc(-c4ccccc4)cc(N(c4ccccn4)c4ccccc4-c4ccccc4)c3)c3oc4ccccc4c3n2)c(O)c(C(C)(C)C)c1. The Balaban J connectivity index is 1.37. The molecule has 0 atom stereocenters. The second kappa shape index (κ2) is 14.7. The molecule has 0 bridgehead atoms. The highest BCUT2D eigenvalue weighted by Crippen LogP contribution is 2.46. The van der Waals surface area contributed by atoms with E-state index in [0.29, 0.717) is 33.8 Å². The van der Waals surface area contributed by atoms with Crippen molar-refractivity contribution in [3.05, 3.63) is 175 Å². The predicted octanol–water partition coefficient (Wildman–Crippen LogP) is 14.2. The quantitative estimate of drug-likeness (QED) is 0.174. The van der Waals surface area contributed by atoms with Gasteiger partial charge in [-0.05, 0) is 87.7 Å². The van der Waals surface area contributed by atoms with Gasteiger partial charge < -0.3 is 9.52 Å². The number of phenolic OH excluding ortho intramolecular Hbond substituents is 1. The highest BCUT2D eigenvalue weighted by Gasteiger charge is 2.28. The van der Waals surface area contributed by atoms with E-state index in [9.17, 15) is 5.11 Å². The minimum Gasteiger partial charge on any atom is -0.507 e. The molecule has 0 fully saturated rings. The summed E-state index contributed by atoms with van der Waals surface area (Å²) in [6.07, 6.45) is 1.83. The lowest BCUT2D eigenvalue weighted by molar-refractivity contribution is 0.446. The Morgan fingerprint density at radius 1 is 0.559 bits per heavy atom. The molecule has 6 aromatic carbocycles. The second-order valence-electron chi connectivity index (χ2n) is 17.1. The summed E-state index contributed by atoms with van der Waals surface area (Å²) in [5.41, 5.74) is 11.5. The van der Waals surface area contributed by atoms with Crippen LogP contribution in [0, 0.1) is 0 Å². The van der Waals surface area contributed by atoms with Crippen molar-refractivity contribution in [2.45, 2.75) is 52.4 Å². The Bertz CT molecular complexity index is 2960. The second-order valence-corrected chi connectivity index (χ2v) is 17.1. The van der Waals surface area contributed by atoms with Gasteiger partial charge in [0.15, 0.2) is 11.4 Å². The predicted molar refractivity (Wildman–Crippen MR) is 243 cm³/mol. The average molecular weight is 771 g/mol. The molecule has 3 aromatic heterocycles. The normalized spacial score (nSPS) is 12.0. The molecule has 1 N–H and O–H groups in total. The maximum Gasteiger partial charge on any atom is 0.180 e. The molecular formula is C53H46N4O2. The smallest absolute Gasteiger partial charge is 0.180 e. The minimum atomic E-state index is -0.334. The fourth-order valence-corrected chi connectivity index (χ4v) is 7.80. The summed E-state index contributed by atoms with van der Waals surface area (Å²) in [4.78, 5) is 17.7. The first kappa shape index (κ1) is 37.5. The summed E-state index contributed by atoms with van der Waals surface area (Å²) in [5.74, 6) is 1.37. The van der Waals surface area contributed by atoms with Gasteiger partial charge in [-0.25, -0.2) is 15.0 Å². The van der Waals surface area contributed by atoms with Crippen LogP contribution in [0.5, 0.6) is 5.75 Å². The lowest BCUT2D eigenvalue weighted by Gasteiger charge is -2.28. The molecule has 290 valence electrons. The molecule has 0 unspecified atom stereocenters. The van der Waals surface area contributed by atoms with Crippen LogP contribution in [-0.2, 0) is 10.8 Å². The van der Waals surface area contributed by atoms with Gasteiger partial charge in [0, 0.05) is 34.0 Å². The van der Waals surface area contributed by atoms with E-state index in [1.165, 1.54) is 0 Å². The number of furan rings is 1. The zero-order valence-electron chi connectivity index (χ0n) is 34.2. The molecular weight excluding hydrogens is 725 g/mol. The molecule has 59 heavy (non-hydrogen) atoms. The van der Waals surface area contributed by atoms with Gasteiger partial charge >= 0.3 is 0 Å². The number of nitrogens with zero attached hydrogens (tertiary/aromatic N) is 4. The minimum absolute atomic E-state index is 0.182. The summed E-state index contributed by atoms with van der Waals surface area (Å²) >= 11 is 0. The topological polar surface area (TPSA) is 75.3 Å². The number of pyridine rings is 1. The van der Waals surface area contributed by atoms with Gasteiger partial charge in [0.2, 0.25) is 0 Å². The monoisotopic (exact) mass is 770 g/mol. The molecule has 9 aromatic rings. The third-order valence-corrected chi connectivity index (χ3v) is 10.9. The maximum absolute atomic E-state index is 12.1. The summed E-state index contributed by atoms with van der Waals surface area (Å²) in [7, 11) is 0. The number of anilines is 3. The Morgan fingerprint density at radius 3 is 1.93 bits per heavy atom. The van der Waals surface area contributed by atoms with Gasteiger partial charge in [-0.1, -0.05) is 145 Å². The molecule has 0 spiro atoms. The fourth-order valence-electron chi connectivity index (χ4n) is 7.80. The standard InChI is InChI=1S/C53H46N4O2/c1-52(2,3)38-32-42(49(58)43(33-38)53(4,5)6)51-55-47(50-48(56-51)41-24-14-16-26-45(41)59-50)37-29-36(34-19-9-7-10-20-34)30-39(31-37)57(46-27-17-18-28-54-46)44-25-15-13-23-40(44)35-21-11-8-12-22-35/h7-33,58H,1-6H3. The van der Waals surface area contributed by atoms with Crippen molar-refractivity contribution in [3.63, 3.8) is 0 Å². The molecule has 0 amide bonds. The van der Waals surface area contributed by atoms with Crippen LogP contribution in [-0.4, -0.2) is 20.1 Å². The van der Waals surface area contributed by atoms with Crippen LogP contribution < -0.4 is 4.90 Å². The molecule has 9 rings (SSSR count). The lowest BCUT2D eigenvalue weighted by Crippen LogP contribution is -2.17. The van der Waals surface area contributed by atoms with Crippen LogP contribution in [0.3, 0.4) is 0 Å². The van der Waals surface area contributed by atoms with E-state index in [0.717, 1.165) is 61.5 Å². The van der Waals surface area contributed by atoms with Crippen LogP contribution in [0.2, 0.25) is 0 Å². The van der Waals surface area contributed by atoms with E-state index in [2.05, 4.69) is 144 Å². The van der Waals surface area contributed by atoms with Crippen molar-refractivity contribution in [2.75, 3.05) is 4.90 Å². The molecule has 0 aliphatic rings. The number of rotatable bonds is 7. The van der Waals surface area contributed by atoms with E-state index in [1.807, 2.05) is 66.9 Å². The number of para-hydroxylation sites is 2. The van der Waals surface area contributed by atoms with Crippen molar-refractivity contribution in [1.29, 1.82) is 0 Å². The Kier molecular flexibility index (Phi) is 9.36. The third kappa shape index (κ3) is 7.12. The first-order valence-corrected chi connectivity index (χ1v) is 20.1. The van der Waals surface area contributed by atoms with Crippen molar-refractivity contribution in [3.8, 4) is 50.6 Å². The van der Waals surface area contributed by atoms with Crippen LogP contribution in [0.1, 0.15) is 52.7 Å². The molecule has 6 heteroatoms. The van der Waals surface area contributed by atoms with Gasteiger partial charge in [-0.3, -0.25) is 4.90 Å². The molecule has 0 saturated heterocycles. The Labute approximate surface area is 345 Å². The molecule has 0 radical (unpaired) electrons. The largest absolute Gasteiger partial charge is 0.507 e. The molecule has 3 heterocycles. The van der Waals surface area contributed by atoms with Gasteiger partial charge in [0.05, 0.1) is 11.3 Å². The molecule has 0 saturated carbocycles. The van der Waals surface area contributed by atoms with Crippen LogP contribution in [0.25, 0.3) is 67.0 Å². The van der Waals surface area contributed by atoms with Gasteiger partial charge in [-0.15, -0.1) is 0 Å². The summed E-state index contributed by atoms with van der Waals surface area (Å²) < 4.78 is 6.69. The summed E-state index contributed by atoms with van der Waals surface area (Å²) in [6.45, 7) is 12.9. The lowest BCUT2D eigenvalue weighted by atomic mass is 9.79. The zero-order chi connectivity index (χ0) is 40.9. The number of aromatic hydroxyl groups is 1. The summed E-state index contributed by atoms with van der Waals surface area (Å²) in [6, 6.07) is 53.9. The van der Waals surface area contributed by atoms with Gasteiger partial charge in [-0.2, -0.15) is 0 Å². The van der Waals surface area contributed by atoms with Gasteiger partial charge in [0.1, 0.15) is 28.4 Å². The zero-order valence-corrected chi connectivity index (χ0v) is 34.2. The third-order valence-electron chi connectivity index (χ3n) is 10.9. The van der Waals surface area contributed by atoms with Crippen molar-refractivity contribution >= 4 is 39.3 Å². The fraction of sp³-hybridized carbons (Fsp3) is 0.151. The van der Waals surface area contributed by atoms with Crippen LogP contribution in [0.4, 0.5) is 17.2 Å². The van der Waals surface area contributed by atoms with Crippen LogP contribution >= 0.6 is 0 Å². The highest BCUT2D eigenvalue weighted by molar-refractivity contribution is 6.07. The molecule has 0 aliphatic heterocycles. The molecule has 6 nitrogen and oxygen atoms in total. The van der Waals surface area contributed by atoms with E-state index in [4.69, 9.17) is 19.4 Å². The first-order valence-electron chi connectivity index (χ1n) is 20.1. The maximum atomic E-state index is 12.1. The first-order chi connectivity index (χ1) is 28.4. The number of hydrogen-bond donors (Lipinski definition) is 1. The number of fused-ring (bicyclic) bond motifs is 3. The molecule has 0 aliphatic carbocycles. The van der Waals surface area contributed by atoms with Crippen LogP contribution in [0.15, 0.2) is 168 Å². The highest BCUT2D eigenvalue weighted by atomic mass is 16.3. The van der Waals surface area contributed by atoms with Crippen molar-refractivity contribution in [1.82, 2.24) is 15.0 Å². The average Bonchev–Trinajstić information content (AvgIpc) is 3.62. The Morgan fingerprint density at radius 2 is 1.22 bits per heavy atom. The van der Waals surface area contributed by atoms with Crippen molar-refractivity contribution < 1.29 is 9.52 Å². The van der Waals surface area contributed by atoms with E-state index in [-0.39, 0.29) is 16.6 Å². The Hall–Kier alpha value is -7.05. The van der Waals surface area contributed by atoms with Gasteiger partial charge in [0.25, 0.3) is 0 Å². The number of hydrogen-bond acceptors (Lipinski definition) is 6. The summed E-state index contributed by atoms with van der Waals surface area (Å²) in [5, 5.41) is 13.0. The number of benzene rings is 6. The van der Waals surface area contributed by atoms with Crippen molar-refractivity contribution in [2.24, 2.45) is 0 Å². The number of phenols is 1. The number of aromatic nitrogens is 3. The van der Waals surface area contributed by atoms with E-state index in [1.54, 1.807) is 0 Å².